The molecule has 0 radical (unpaired) electrons. The lowest BCUT2D eigenvalue weighted by Gasteiger charge is -2.24. The van der Waals surface area contributed by atoms with Crippen molar-refractivity contribution < 1.29 is 14.3 Å². The third-order valence-corrected chi connectivity index (χ3v) is 3.84. The first kappa shape index (κ1) is 15.4. The molecule has 0 spiro atoms. The van der Waals surface area contributed by atoms with Gasteiger partial charge in [0.2, 0.25) is 0 Å². The number of hydrogen-bond acceptors (Lipinski definition) is 3. The average molecular weight is 311 g/mol. The molecule has 4 heteroatoms. The van der Waals surface area contributed by atoms with E-state index < -0.39 is 0 Å². The molecule has 0 N–H and O–H groups in total. The zero-order valence-corrected chi connectivity index (χ0v) is 13.3. The zero-order valence-electron chi connectivity index (χ0n) is 13.3. The number of para-hydroxylation sites is 1. The van der Waals surface area contributed by atoms with Gasteiger partial charge in [-0.15, -0.1) is 0 Å². The molecule has 0 saturated heterocycles. The molecule has 1 amide bonds. The number of ether oxygens (including phenoxy) is 2. The predicted molar refractivity (Wildman–Crippen MR) is 90.5 cm³/mol. The van der Waals surface area contributed by atoms with E-state index in [-0.39, 0.29) is 5.91 Å². The Morgan fingerprint density at radius 1 is 1.04 bits per heavy atom. The molecule has 120 valence electrons. The van der Waals surface area contributed by atoms with Gasteiger partial charge in [-0.05, 0) is 36.8 Å². The number of anilines is 1. The number of benzene rings is 2. The molecular formula is C19H21NO3. The number of hydrogen-bond donors (Lipinski definition) is 0. The van der Waals surface area contributed by atoms with Gasteiger partial charge in [-0.1, -0.05) is 31.5 Å². The predicted octanol–water partition coefficient (Wildman–Crippen LogP) is 3.90. The Kier molecular flexibility index (Phi) is 4.81. The fourth-order valence-electron chi connectivity index (χ4n) is 2.60. The van der Waals surface area contributed by atoms with Crippen LogP contribution in [0.15, 0.2) is 48.5 Å². The monoisotopic (exact) mass is 311 g/mol. The fourth-order valence-corrected chi connectivity index (χ4v) is 2.60. The van der Waals surface area contributed by atoms with Crippen molar-refractivity contribution in [1.29, 1.82) is 0 Å². The molecular weight excluding hydrogens is 290 g/mol. The van der Waals surface area contributed by atoms with Crippen LogP contribution in [0.1, 0.15) is 30.1 Å². The van der Waals surface area contributed by atoms with Crippen LogP contribution in [0.5, 0.6) is 11.5 Å². The number of rotatable bonds is 5. The van der Waals surface area contributed by atoms with Crippen molar-refractivity contribution >= 4 is 11.6 Å². The Morgan fingerprint density at radius 3 is 2.52 bits per heavy atom. The van der Waals surface area contributed by atoms with Crippen LogP contribution in [0, 0.1) is 0 Å². The van der Waals surface area contributed by atoms with Crippen LogP contribution >= 0.6 is 0 Å². The van der Waals surface area contributed by atoms with E-state index in [0.29, 0.717) is 36.8 Å². The summed E-state index contributed by atoms with van der Waals surface area (Å²) in [5, 5.41) is 0. The van der Waals surface area contributed by atoms with Crippen molar-refractivity contribution in [3.05, 3.63) is 54.1 Å². The van der Waals surface area contributed by atoms with Crippen molar-refractivity contribution in [1.82, 2.24) is 0 Å². The number of unbranched alkanes of at least 4 members (excludes halogenated alkanes) is 1. The number of amides is 1. The van der Waals surface area contributed by atoms with Crippen molar-refractivity contribution in [3.8, 4) is 11.5 Å². The summed E-state index contributed by atoms with van der Waals surface area (Å²) in [6.45, 7) is 3.89. The van der Waals surface area contributed by atoms with Gasteiger partial charge in [-0.3, -0.25) is 4.79 Å². The van der Waals surface area contributed by atoms with Crippen LogP contribution in [0.2, 0.25) is 0 Å². The van der Waals surface area contributed by atoms with Gasteiger partial charge in [-0.25, -0.2) is 0 Å². The zero-order chi connectivity index (χ0) is 16.1. The fraction of sp³-hybridized carbons (Fsp3) is 0.316. The molecule has 3 rings (SSSR count). The Hall–Kier alpha value is -2.49. The molecule has 0 aromatic heterocycles. The lowest BCUT2D eigenvalue weighted by molar-refractivity contribution is 0.0985. The van der Waals surface area contributed by atoms with E-state index in [1.54, 1.807) is 12.1 Å². The number of carbonyl (C=O) groups is 1. The Balaban J connectivity index is 1.88. The van der Waals surface area contributed by atoms with Crippen molar-refractivity contribution in [2.24, 2.45) is 0 Å². The molecule has 1 aliphatic rings. The summed E-state index contributed by atoms with van der Waals surface area (Å²) in [6.07, 6.45) is 2.00. The molecule has 0 fully saturated rings. The molecule has 2 aromatic rings. The van der Waals surface area contributed by atoms with E-state index in [0.717, 1.165) is 18.5 Å². The SMILES string of the molecule is CCCCN(C(=O)c1ccc2c(c1)OCCO2)c1ccccc1. The molecule has 0 unspecified atom stereocenters. The van der Waals surface area contributed by atoms with Crippen LogP contribution in [0.25, 0.3) is 0 Å². The maximum absolute atomic E-state index is 13.0. The first-order chi connectivity index (χ1) is 11.3. The van der Waals surface area contributed by atoms with Crippen molar-refractivity contribution in [2.45, 2.75) is 19.8 Å². The number of nitrogens with zero attached hydrogens (tertiary/aromatic N) is 1. The van der Waals surface area contributed by atoms with Crippen LogP contribution in [0.4, 0.5) is 5.69 Å². The van der Waals surface area contributed by atoms with E-state index in [1.807, 2.05) is 41.3 Å². The second-order valence-electron chi connectivity index (χ2n) is 5.50. The molecule has 0 bridgehead atoms. The van der Waals surface area contributed by atoms with Crippen LogP contribution in [0.3, 0.4) is 0 Å². The lowest BCUT2D eigenvalue weighted by Crippen LogP contribution is -2.32. The standard InChI is InChI=1S/C19H21NO3/c1-2-3-11-20(16-7-5-4-6-8-16)19(21)15-9-10-17-18(14-15)23-13-12-22-17/h4-10,14H,2-3,11-13H2,1H3. The Bertz CT molecular complexity index is 670. The van der Waals surface area contributed by atoms with Crippen LogP contribution in [-0.4, -0.2) is 25.7 Å². The second kappa shape index (κ2) is 7.18. The van der Waals surface area contributed by atoms with E-state index in [2.05, 4.69) is 6.92 Å². The summed E-state index contributed by atoms with van der Waals surface area (Å²) in [7, 11) is 0. The van der Waals surface area contributed by atoms with Crippen molar-refractivity contribution in [2.75, 3.05) is 24.7 Å². The van der Waals surface area contributed by atoms with Gasteiger partial charge in [0.15, 0.2) is 11.5 Å². The molecule has 0 saturated carbocycles. The molecule has 0 atom stereocenters. The maximum Gasteiger partial charge on any atom is 0.258 e. The minimum Gasteiger partial charge on any atom is -0.486 e. The van der Waals surface area contributed by atoms with Gasteiger partial charge in [0, 0.05) is 17.8 Å². The molecule has 23 heavy (non-hydrogen) atoms. The summed E-state index contributed by atoms with van der Waals surface area (Å²) in [5.74, 6) is 1.33. The maximum atomic E-state index is 13.0. The van der Waals surface area contributed by atoms with Crippen LogP contribution < -0.4 is 14.4 Å². The van der Waals surface area contributed by atoms with E-state index >= 15 is 0 Å². The minimum atomic E-state index is -0.0124. The summed E-state index contributed by atoms with van der Waals surface area (Å²) in [4.78, 5) is 14.8. The largest absolute Gasteiger partial charge is 0.486 e. The van der Waals surface area contributed by atoms with E-state index in [9.17, 15) is 4.79 Å². The first-order valence-electron chi connectivity index (χ1n) is 8.06. The van der Waals surface area contributed by atoms with Crippen molar-refractivity contribution in [3.63, 3.8) is 0 Å². The third kappa shape index (κ3) is 3.47. The second-order valence-corrected chi connectivity index (χ2v) is 5.50. The van der Waals surface area contributed by atoms with Gasteiger partial charge >= 0.3 is 0 Å². The number of fused-ring (bicyclic) bond motifs is 1. The summed E-state index contributed by atoms with van der Waals surface area (Å²) in [5.41, 5.74) is 1.54. The third-order valence-electron chi connectivity index (χ3n) is 3.84. The topological polar surface area (TPSA) is 38.8 Å². The van der Waals surface area contributed by atoms with Gasteiger partial charge in [0.05, 0.1) is 0 Å². The van der Waals surface area contributed by atoms with Crippen LogP contribution in [-0.2, 0) is 0 Å². The molecule has 2 aromatic carbocycles. The average Bonchev–Trinajstić information content (AvgIpc) is 2.62. The summed E-state index contributed by atoms with van der Waals surface area (Å²) >= 11 is 0. The Morgan fingerprint density at radius 2 is 1.78 bits per heavy atom. The van der Waals surface area contributed by atoms with Gasteiger partial charge < -0.3 is 14.4 Å². The smallest absolute Gasteiger partial charge is 0.258 e. The van der Waals surface area contributed by atoms with E-state index in [4.69, 9.17) is 9.47 Å². The molecule has 4 nitrogen and oxygen atoms in total. The normalized spacial score (nSPS) is 12.7. The Labute approximate surface area is 136 Å². The quantitative estimate of drug-likeness (QED) is 0.840. The first-order valence-corrected chi connectivity index (χ1v) is 8.06. The molecule has 0 aliphatic carbocycles. The van der Waals surface area contributed by atoms with Gasteiger partial charge in [0.1, 0.15) is 13.2 Å². The van der Waals surface area contributed by atoms with E-state index in [1.165, 1.54) is 0 Å². The lowest BCUT2D eigenvalue weighted by atomic mass is 10.1. The minimum absolute atomic E-state index is 0.0124. The highest BCUT2D eigenvalue weighted by atomic mass is 16.6. The van der Waals surface area contributed by atoms with Gasteiger partial charge in [-0.2, -0.15) is 0 Å². The highest BCUT2D eigenvalue weighted by Gasteiger charge is 2.20. The van der Waals surface area contributed by atoms with Gasteiger partial charge in [0.25, 0.3) is 5.91 Å². The number of carbonyl (C=O) groups excluding carboxylic acids is 1. The molecule has 1 aliphatic heterocycles. The molecule has 1 heterocycles. The summed E-state index contributed by atoms with van der Waals surface area (Å²) < 4.78 is 11.1. The highest BCUT2D eigenvalue weighted by molar-refractivity contribution is 6.06. The highest BCUT2D eigenvalue weighted by Crippen LogP contribution is 2.31. The summed E-state index contributed by atoms with van der Waals surface area (Å²) in [6, 6.07) is 15.2.